The predicted octanol–water partition coefficient (Wildman–Crippen LogP) is 0.980. The Labute approximate surface area is 96.0 Å². The predicted molar refractivity (Wildman–Crippen MR) is 63.8 cm³/mol. The molecule has 90 valence electrons. The number of nitrogens with two attached hydrogens (primary N) is 1. The van der Waals surface area contributed by atoms with E-state index >= 15 is 0 Å². The van der Waals surface area contributed by atoms with E-state index in [4.69, 9.17) is 5.73 Å². The summed E-state index contributed by atoms with van der Waals surface area (Å²) in [6.07, 6.45) is 4.20. The first-order valence-corrected chi connectivity index (χ1v) is 5.52. The average Bonchev–Trinajstić information content (AvgIpc) is 2.60. The lowest BCUT2D eigenvalue weighted by molar-refractivity contribution is -0.120. The molecule has 1 atom stereocenters. The van der Waals surface area contributed by atoms with Gasteiger partial charge < -0.3 is 11.1 Å². The van der Waals surface area contributed by atoms with Crippen LogP contribution in [-0.4, -0.2) is 22.2 Å². The number of aromatic nitrogens is 2. The normalized spacial score (nSPS) is 12.8. The lowest BCUT2D eigenvalue weighted by Gasteiger charge is -2.15. The molecule has 5 nitrogen and oxygen atoms in total. The molecule has 1 aromatic heterocycles. The molecular formula is C11H20N4O. The largest absolute Gasteiger partial charge is 0.330 e. The van der Waals surface area contributed by atoms with E-state index in [0.717, 1.165) is 12.1 Å². The third-order valence-corrected chi connectivity index (χ3v) is 2.38. The second kappa shape index (κ2) is 5.65. The van der Waals surface area contributed by atoms with Crippen LogP contribution in [0.5, 0.6) is 0 Å². The molecule has 0 bridgehead atoms. The molecule has 1 rings (SSSR count). The van der Waals surface area contributed by atoms with Gasteiger partial charge in [-0.25, -0.2) is 0 Å². The van der Waals surface area contributed by atoms with Gasteiger partial charge in [-0.05, 0) is 12.3 Å². The van der Waals surface area contributed by atoms with Crippen LogP contribution in [0.25, 0.3) is 0 Å². The van der Waals surface area contributed by atoms with Crippen molar-refractivity contribution in [1.82, 2.24) is 9.78 Å². The average molecular weight is 224 g/mol. The van der Waals surface area contributed by atoms with Gasteiger partial charge in [-0.2, -0.15) is 5.10 Å². The minimum absolute atomic E-state index is 0.0239. The van der Waals surface area contributed by atoms with Gasteiger partial charge >= 0.3 is 0 Å². The molecule has 0 spiro atoms. The number of nitrogens with zero attached hydrogens (tertiary/aromatic N) is 2. The topological polar surface area (TPSA) is 72.9 Å². The summed E-state index contributed by atoms with van der Waals surface area (Å²) in [5, 5.41) is 6.80. The van der Waals surface area contributed by atoms with Crippen LogP contribution in [-0.2, 0) is 11.8 Å². The summed E-state index contributed by atoms with van der Waals surface area (Å²) < 4.78 is 1.65. The fraction of sp³-hybridized carbons (Fsp3) is 0.636. The molecule has 0 aliphatic rings. The molecule has 0 saturated heterocycles. The SMILES string of the molecule is CC(C)CC(CN)C(=O)Nc1cnn(C)c1. The van der Waals surface area contributed by atoms with Gasteiger partial charge in [0.05, 0.1) is 17.8 Å². The van der Waals surface area contributed by atoms with Crippen molar-refractivity contribution >= 4 is 11.6 Å². The van der Waals surface area contributed by atoms with Crippen LogP contribution in [0.1, 0.15) is 20.3 Å². The molecular weight excluding hydrogens is 204 g/mol. The van der Waals surface area contributed by atoms with Crippen LogP contribution < -0.4 is 11.1 Å². The number of rotatable bonds is 5. The van der Waals surface area contributed by atoms with Crippen molar-refractivity contribution in [2.24, 2.45) is 24.6 Å². The van der Waals surface area contributed by atoms with Crippen molar-refractivity contribution in [2.75, 3.05) is 11.9 Å². The Kier molecular flexibility index (Phi) is 4.49. The molecule has 0 saturated carbocycles. The van der Waals surface area contributed by atoms with Gasteiger partial charge in [-0.3, -0.25) is 9.48 Å². The Hall–Kier alpha value is -1.36. The summed E-state index contributed by atoms with van der Waals surface area (Å²) in [4.78, 5) is 11.9. The maximum atomic E-state index is 11.9. The van der Waals surface area contributed by atoms with Gasteiger partial charge in [0.25, 0.3) is 0 Å². The van der Waals surface area contributed by atoms with Crippen molar-refractivity contribution in [3.63, 3.8) is 0 Å². The molecule has 1 unspecified atom stereocenters. The van der Waals surface area contributed by atoms with Crippen LogP contribution in [0.4, 0.5) is 5.69 Å². The van der Waals surface area contributed by atoms with Gasteiger partial charge in [-0.1, -0.05) is 13.8 Å². The van der Waals surface area contributed by atoms with Crippen LogP contribution in [0.2, 0.25) is 0 Å². The quantitative estimate of drug-likeness (QED) is 0.783. The fourth-order valence-corrected chi connectivity index (χ4v) is 1.61. The molecule has 0 fully saturated rings. The van der Waals surface area contributed by atoms with Gasteiger partial charge in [0.1, 0.15) is 0 Å². The number of aryl methyl sites for hydroxylation is 1. The summed E-state index contributed by atoms with van der Waals surface area (Å²) in [6, 6.07) is 0. The minimum atomic E-state index is -0.125. The van der Waals surface area contributed by atoms with Crippen LogP contribution >= 0.6 is 0 Å². The molecule has 16 heavy (non-hydrogen) atoms. The molecule has 1 amide bonds. The van der Waals surface area contributed by atoms with E-state index < -0.39 is 0 Å². The first kappa shape index (κ1) is 12.7. The first-order valence-electron chi connectivity index (χ1n) is 5.52. The van der Waals surface area contributed by atoms with Crippen molar-refractivity contribution in [1.29, 1.82) is 0 Å². The molecule has 0 aliphatic heterocycles. The molecule has 3 N–H and O–H groups in total. The Balaban J connectivity index is 2.55. The molecule has 0 aromatic carbocycles. The van der Waals surface area contributed by atoms with Gasteiger partial charge in [-0.15, -0.1) is 0 Å². The summed E-state index contributed by atoms with van der Waals surface area (Å²) in [7, 11) is 1.81. The highest BCUT2D eigenvalue weighted by Crippen LogP contribution is 2.13. The van der Waals surface area contributed by atoms with E-state index in [-0.39, 0.29) is 11.8 Å². The molecule has 1 heterocycles. The number of carbonyl (C=O) groups excluding carboxylic acids is 1. The third-order valence-electron chi connectivity index (χ3n) is 2.38. The maximum Gasteiger partial charge on any atom is 0.228 e. The zero-order chi connectivity index (χ0) is 12.1. The monoisotopic (exact) mass is 224 g/mol. The molecule has 0 radical (unpaired) electrons. The van der Waals surface area contributed by atoms with E-state index in [1.807, 2.05) is 7.05 Å². The zero-order valence-electron chi connectivity index (χ0n) is 10.1. The zero-order valence-corrected chi connectivity index (χ0v) is 10.1. The summed E-state index contributed by atoms with van der Waals surface area (Å²) in [5.41, 5.74) is 6.32. The van der Waals surface area contributed by atoms with Gasteiger partial charge in [0.2, 0.25) is 5.91 Å². The number of hydrogen-bond acceptors (Lipinski definition) is 3. The highest BCUT2D eigenvalue weighted by molar-refractivity contribution is 5.92. The lowest BCUT2D eigenvalue weighted by Crippen LogP contribution is -2.30. The molecule has 1 aromatic rings. The second-order valence-electron chi connectivity index (χ2n) is 4.45. The Morgan fingerprint density at radius 3 is 2.75 bits per heavy atom. The second-order valence-corrected chi connectivity index (χ2v) is 4.45. The number of anilines is 1. The molecule has 0 aliphatic carbocycles. The Bertz CT molecular complexity index is 346. The summed E-state index contributed by atoms with van der Waals surface area (Å²) in [5.74, 6) is 0.317. The van der Waals surface area contributed by atoms with Crippen molar-refractivity contribution < 1.29 is 4.79 Å². The Morgan fingerprint density at radius 1 is 1.62 bits per heavy atom. The number of amides is 1. The Morgan fingerprint density at radius 2 is 2.31 bits per heavy atom. The van der Waals surface area contributed by atoms with E-state index in [1.54, 1.807) is 17.1 Å². The van der Waals surface area contributed by atoms with E-state index in [9.17, 15) is 4.79 Å². The van der Waals surface area contributed by atoms with Crippen molar-refractivity contribution in [3.8, 4) is 0 Å². The van der Waals surface area contributed by atoms with Crippen LogP contribution in [0.15, 0.2) is 12.4 Å². The molecule has 5 heteroatoms. The number of hydrogen-bond donors (Lipinski definition) is 2. The van der Waals surface area contributed by atoms with Crippen LogP contribution in [0, 0.1) is 11.8 Å². The van der Waals surface area contributed by atoms with Crippen molar-refractivity contribution in [3.05, 3.63) is 12.4 Å². The lowest BCUT2D eigenvalue weighted by atomic mass is 9.96. The number of carbonyl (C=O) groups is 1. The third kappa shape index (κ3) is 3.66. The summed E-state index contributed by atoms with van der Waals surface area (Å²) >= 11 is 0. The highest BCUT2D eigenvalue weighted by Gasteiger charge is 2.18. The van der Waals surface area contributed by atoms with Crippen molar-refractivity contribution in [2.45, 2.75) is 20.3 Å². The maximum absolute atomic E-state index is 11.9. The van der Waals surface area contributed by atoms with E-state index in [0.29, 0.717) is 12.5 Å². The van der Waals surface area contributed by atoms with Gasteiger partial charge in [0, 0.05) is 19.8 Å². The fourth-order valence-electron chi connectivity index (χ4n) is 1.61. The van der Waals surface area contributed by atoms with E-state index in [1.165, 1.54) is 0 Å². The highest BCUT2D eigenvalue weighted by atomic mass is 16.1. The summed E-state index contributed by atoms with van der Waals surface area (Å²) in [6.45, 7) is 4.55. The van der Waals surface area contributed by atoms with Gasteiger partial charge in [0.15, 0.2) is 0 Å². The number of nitrogens with one attached hydrogen (secondary N) is 1. The standard InChI is InChI=1S/C11H20N4O/c1-8(2)4-9(5-12)11(16)14-10-6-13-15(3)7-10/h6-9H,4-5,12H2,1-3H3,(H,14,16). The first-order chi connectivity index (χ1) is 7.52. The van der Waals surface area contributed by atoms with E-state index in [2.05, 4.69) is 24.3 Å². The smallest absolute Gasteiger partial charge is 0.228 e. The minimum Gasteiger partial charge on any atom is -0.330 e. The van der Waals surface area contributed by atoms with Crippen LogP contribution in [0.3, 0.4) is 0 Å².